The lowest BCUT2D eigenvalue weighted by Crippen LogP contribution is -2.54. The molecule has 5 heterocycles. The number of aryl methyl sites for hydroxylation is 3. The summed E-state index contributed by atoms with van der Waals surface area (Å²) in [5.41, 5.74) is 6.68. The van der Waals surface area contributed by atoms with Gasteiger partial charge in [0.05, 0.1) is 62.0 Å². The van der Waals surface area contributed by atoms with Gasteiger partial charge in [0.15, 0.2) is 0 Å². The van der Waals surface area contributed by atoms with E-state index in [0.29, 0.717) is 90.1 Å². The van der Waals surface area contributed by atoms with E-state index in [0.717, 1.165) is 86.5 Å². The quantitative estimate of drug-likeness (QED) is 0.0387. The predicted molar refractivity (Wildman–Crippen MR) is 281 cm³/mol. The van der Waals surface area contributed by atoms with Crippen LogP contribution in [0.1, 0.15) is 94.6 Å². The molecule has 17 heteroatoms. The van der Waals surface area contributed by atoms with Gasteiger partial charge in [-0.1, -0.05) is 60.7 Å². The number of morpholine rings is 1. The fourth-order valence-electron chi connectivity index (χ4n) is 10.4. The Labute approximate surface area is 431 Å². The van der Waals surface area contributed by atoms with Crippen LogP contribution in [-0.4, -0.2) is 138 Å². The number of esters is 1. The van der Waals surface area contributed by atoms with Crippen molar-refractivity contribution in [2.75, 3.05) is 77.7 Å². The van der Waals surface area contributed by atoms with Gasteiger partial charge in [-0.05, 0) is 89.5 Å². The van der Waals surface area contributed by atoms with E-state index >= 15 is 0 Å². The number of rotatable bonds is 22. The topological polar surface area (TPSA) is 185 Å². The number of fused-ring (bicyclic) bond motifs is 3. The van der Waals surface area contributed by atoms with Crippen molar-refractivity contribution in [2.24, 2.45) is 0 Å². The van der Waals surface area contributed by atoms with Gasteiger partial charge in [-0.15, -0.1) is 0 Å². The zero-order valence-corrected chi connectivity index (χ0v) is 43.1. The first-order valence-corrected chi connectivity index (χ1v) is 25.9. The van der Waals surface area contributed by atoms with Gasteiger partial charge < -0.3 is 33.6 Å². The van der Waals surface area contributed by atoms with E-state index in [-0.39, 0.29) is 29.9 Å². The molecule has 390 valence electrons. The van der Waals surface area contributed by atoms with E-state index in [9.17, 15) is 24.0 Å². The van der Waals surface area contributed by atoms with Gasteiger partial charge in [0.2, 0.25) is 11.8 Å². The fraction of sp³-hybridized carbons (Fsp3) is 0.439. The van der Waals surface area contributed by atoms with Crippen LogP contribution >= 0.6 is 0 Å². The first kappa shape index (κ1) is 52.0. The Morgan fingerprint density at radius 2 is 1.51 bits per heavy atom. The number of anilines is 1. The fourth-order valence-corrected chi connectivity index (χ4v) is 10.4. The summed E-state index contributed by atoms with van der Waals surface area (Å²) >= 11 is 0. The maximum absolute atomic E-state index is 14.6. The summed E-state index contributed by atoms with van der Waals surface area (Å²) in [5, 5.41) is 13.7. The van der Waals surface area contributed by atoms with Gasteiger partial charge in [-0.25, -0.2) is 4.79 Å². The Bertz CT molecular complexity index is 3050. The van der Waals surface area contributed by atoms with Crippen molar-refractivity contribution >= 4 is 57.0 Å². The Hall–Kier alpha value is -6.92. The van der Waals surface area contributed by atoms with Crippen molar-refractivity contribution < 1.29 is 47.7 Å². The van der Waals surface area contributed by atoms with Crippen molar-refractivity contribution in [3.05, 3.63) is 113 Å². The number of nitrogens with one attached hydrogen (secondary N) is 2. The second-order valence-corrected chi connectivity index (χ2v) is 20.0. The van der Waals surface area contributed by atoms with Crippen LogP contribution in [0.2, 0.25) is 0 Å². The Balaban J connectivity index is 0.840. The molecule has 6 aromatic rings. The lowest BCUT2D eigenvalue weighted by molar-refractivity contribution is -0.136. The van der Waals surface area contributed by atoms with E-state index < -0.39 is 35.3 Å². The number of carbonyl (C=O) groups excluding carboxylic acids is 5. The zero-order chi connectivity index (χ0) is 51.9. The summed E-state index contributed by atoms with van der Waals surface area (Å²) in [6.07, 6.45) is 2.17. The van der Waals surface area contributed by atoms with E-state index in [1.165, 1.54) is 0 Å². The molecule has 1 unspecified atom stereocenters. The molecular formula is C57H67N7O10. The molecule has 0 radical (unpaired) electrons. The molecule has 2 aromatic heterocycles. The molecule has 9 rings (SSSR count). The molecule has 2 N–H and O–H groups in total. The van der Waals surface area contributed by atoms with Crippen molar-refractivity contribution in [2.45, 2.75) is 91.5 Å². The molecular weight excluding hydrogens is 943 g/mol. The Morgan fingerprint density at radius 3 is 2.31 bits per heavy atom. The summed E-state index contributed by atoms with van der Waals surface area (Å²) in [6.45, 7) is 17.3. The number of aromatic nitrogens is 3. The first-order chi connectivity index (χ1) is 35.8. The number of imide groups is 2. The summed E-state index contributed by atoms with van der Waals surface area (Å²) < 4.78 is 34.3. The highest BCUT2D eigenvalue weighted by atomic mass is 16.6. The minimum Gasteiger partial charge on any atom is -0.493 e. The number of hydrogen-bond acceptors (Lipinski definition) is 13. The molecule has 0 bridgehead atoms. The zero-order valence-electron chi connectivity index (χ0n) is 43.1. The number of hydrogen-bond donors (Lipinski definition) is 2. The predicted octanol–water partition coefficient (Wildman–Crippen LogP) is 7.51. The molecule has 17 nitrogen and oxygen atoms in total. The first-order valence-electron chi connectivity index (χ1n) is 25.9. The standard InChI is InChI=1S/C57H67N7O10/c1-37-49(38(2)63(60-37)25-12-30-70-35-36-71-32-24-58-45-20-10-18-44-50(45)55(68)64(54(44)67)46-22-23-48(65)59-53(46)66)43-17-9-16-41-42(19-11-31-73-47-21-8-14-39-13-6-7-15-40(39)47)52(56(69)74-57(3,4)5)62(51(41)43)27-26-61-28-33-72-34-29-61/h6-10,13-18,20-21,46,58H,11-12,19,22-36H2,1-5H3,(H,59,65,66). The highest BCUT2D eigenvalue weighted by Crippen LogP contribution is 2.39. The molecule has 2 fully saturated rings. The number of benzene rings is 4. The van der Waals surface area contributed by atoms with Crippen LogP contribution < -0.4 is 15.4 Å². The van der Waals surface area contributed by atoms with E-state index in [2.05, 4.69) is 63.4 Å². The van der Waals surface area contributed by atoms with Crippen molar-refractivity contribution in [3.8, 4) is 16.9 Å². The number of piperidine rings is 1. The number of amides is 4. The summed E-state index contributed by atoms with van der Waals surface area (Å²) in [5.74, 6) is -1.68. The molecule has 3 aliphatic heterocycles. The van der Waals surface area contributed by atoms with Gasteiger partial charge in [-0.2, -0.15) is 5.10 Å². The molecule has 4 amide bonds. The molecule has 0 aliphatic carbocycles. The number of carbonyl (C=O) groups is 5. The Morgan fingerprint density at radius 1 is 0.784 bits per heavy atom. The number of nitrogens with zero attached hydrogens (tertiary/aromatic N) is 5. The smallest absolute Gasteiger partial charge is 0.355 e. The molecule has 0 spiro atoms. The molecule has 4 aromatic carbocycles. The van der Waals surface area contributed by atoms with E-state index in [4.69, 9.17) is 28.8 Å². The summed E-state index contributed by atoms with van der Waals surface area (Å²) in [7, 11) is 0. The van der Waals surface area contributed by atoms with Crippen molar-refractivity contribution in [3.63, 3.8) is 0 Å². The highest BCUT2D eigenvalue weighted by Gasteiger charge is 2.45. The molecule has 74 heavy (non-hydrogen) atoms. The minimum absolute atomic E-state index is 0.0558. The lowest BCUT2D eigenvalue weighted by Gasteiger charge is -2.27. The van der Waals surface area contributed by atoms with Gasteiger partial charge in [0.1, 0.15) is 23.1 Å². The normalized spacial score (nSPS) is 16.3. The van der Waals surface area contributed by atoms with Crippen LogP contribution in [0.3, 0.4) is 0 Å². The molecule has 2 saturated heterocycles. The maximum atomic E-state index is 14.6. The van der Waals surface area contributed by atoms with E-state index in [1.807, 2.05) is 56.6 Å². The maximum Gasteiger partial charge on any atom is 0.355 e. The van der Waals surface area contributed by atoms with Crippen LogP contribution in [0.4, 0.5) is 5.69 Å². The summed E-state index contributed by atoms with van der Waals surface area (Å²) in [6, 6.07) is 24.6. The second-order valence-electron chi connectivity index (χ2n) is 20.0. The third-order valence-electron chi connectivity index (χ3n) is 13.8. The van der Waals surface area contributed by atoms with Crippen molar-refractivity contribution in [1.82, 2.24) is 29.5 Å². The van der Waals surface area contributed by atoms with Gasteiger partial charge >= 0.3 is 5.97 Å². The molecule has 0 saturated carbocycles. The SMILES string of the molecule is Cc1nn(CCCOCCOCCNc2cccc3c2C(=O)N(C2CCC(=O)NC2=O)C3=O)c(C)c1-c1cccc2c(CCCOc3cccc4ccccc34)c(C(=O)OC(C)(C)C)n(CCN3CCOCC3)c12. The average molecular weight is 1010 g/mol. The monoisotopic (exact) mass is 1010 g/mol. The van der Waals surface area contributed by atoms with Gasteiger partial charge in [0.25, 0.3) is 11.8 Å². The van der Waals surface area contributed by atoms with Crippen LogP contribution in [-0.2, 0) is 48.0 Å². The Kier molecular flexibility index (Phi) is 16.2. The van der Waals surface area contributed by atoms with Crippen LogP contribution in [0.15, 0.2) is 78.9 Å². The summed E-state index contributed by atoms with van der Waals surface area (Å²) in [4.78, 5) is 68.7. The average Bonchev–Trinajstić information content (AvgIpc) is 3.96. The van der Waals surface area contributed by atoms with Gasteiger partial charge in [0, 0.05) is 85.6 Å². The number of ether oxygens (including phenoxy) is 5. The van der Waals surface area contributed by atoms with Gasteiger partial charge in [-0.3, -0.25) is 39.0 Å². The largest absolute Gasteiger partial charge is 0.493 e. The molecule has 3 aliphatic rings. The highest BCUT2D eigenvalue weighted by molar-refractivity contribution is 6.25. The third kappa shape index (κ3) is 11.4. The van der Waals surface area contributed by atoms with Crippen molar-refractivity contribution in [1.29, 1.82) is 0 Å². The number of para-hydroxylation sites is 1. The minimum atomic E-state index is -1.03. The van der Waals surface area contributed by atoms with Crippen LogP contribution in [0.5, 0.6) is 5.75 Å². The second kappa shape index (κ2) is 23.1. The third-order valence-corrected chi connectivity index (χ3v) is 13.8. The van der Waals surface area contributed by atoms with E-state index in [1.54, 1.807) is 18.2 Å². The van der Waals surface area contributed by atoms with Crippen LogP contribution in [0.25, 0.3) is 32.8 Å². The molecule has 1 atom stereocenters. The lowest BCUT2D eigenvalue weighted by atomic mass is 9.98. The van der Waals surface area contributed by atoms with Crippen LogP contribution in [0, 0.1) is 13.8 Å².